The van der Waals surface area contributed by atoms with Crippen LogP contribution in [0.1, 0.15) is 658 Å². The SMILES string of the molecule is CCCCCCCCCCCCCCCCCC(=O)[O-].CCCCCCCCCCCCCCCCCC(=O)[O-].CCCCCCCCCCCCCCCCCC(=O)[O-].CCCCCCCCCCCCCCCCCC(=O)[O-].CCCCCCCCCCCCCCCCCC(=O)[O-].CCCCCCCCCCCCCCCCCC(=O)[O-].[Ca+2].[K+].[K+].[Na+].[Na+]. The molecule has 0 heterocycles. The molecule has 12 nitrogen and oxygen atoms in total. The van der Waals surface area contributed by atoms with Crippen LogP contribution in [0.2, 0.25) is 0 Å². The Labute approximate surface area is 939 Å². The molecule has 0 bridgehead atoms. The molecule has 0 N–H and O–H groups in total. The molecule has 0 aromatic carbocycles. The smallest absolute Gasteiger partial charge is 0.550 e. The summed E-state index contributed by atoms with van der Waals surface area (Å²) in [4.78, 5) is 61.3. The number of hydrogen-bond acceptors (Lipinski definition) is 12. The summed E-state index contributed by atoms with van der Waals surface area (Å²) in [6.45, 7) is 13.6. The van der Waals surface area contributed by atoms with E-state index in [4.69, 9.17) is 0 Å². The molecule has 0 radical (unpaired) electrons. The summed E-state index contributed by atoms with van der Waals surface area (Å²) in [6.07, 6.45) is 119. The van der Waals surface area contributed by atoms with Gasteiger partial charge in [0.05, 0.1) is 0 Å². The van der Waals surface area contributed by atoms with Crippen LogP contribution < -0.4 is 193 Å². The van der Waals surface area contributed by atoms with Crippen molar-refractivity contribution in [2.24, 2.45) is 0 Å². The van der Waals surface area contributed by atoms with Gasteiger partial charge in [-0.15, -0.1) is 0 Å². The molecule has 0 spiro atoms. The molecule has 0 rings (SSSR count). The van der Waals surface area contributed by atoms with Gasteiger partial charge in [0.2, 0.25) is 0 Å². The number of carboxylic acid groups (broad SMARTS) is 6. The third kappa shape index (κ3) is 180. The third-order valence-electron chi connectivity index (χ3n) is 23.9. The predicted molar refractivity (Wildman–Crippen MR) is 513 cm³/mol. The standard InChI is InChI=1S/6C18H36O2.Ca.2K.2Na/c6*1-2-3-4-5-6-7-8-9-10-11-12-13-14-15-16-17-18(19)20;;;;;/h6*2-17H2,1H3,(H,19,20);;;;;/q;;;;;;+2;4*+1/p-6. The Morgan fingerprint density at radius 2 is 0.168 bits per heavy atom. The van der Waals surface area contributed by atoms with Gasteiger partial charge in [-0.2, -0.15) is 0 Å². The van der Waals surface area contributed by atoms with Crippen molar-refractivity contribution in [1.82, 2.24) is 0 Å². The van der Waals surface area contributed by atoms with Crippen molar-refractivity contribution in [1.29, 1.82) is 0 Å². The summed E-state index contributed by atoms with van der Waals surface area (Å²) >= 11 is 0. The molecule has 0 saturated heterocycles. The molecule has 125 heavy (non-hydrogen) atoms. The van der Waals surface area contributed by atoms with Crippen molar-refractivity contribution in [2.45, 2.75) is 658 Å². The largest absolute Gasteiger partial charge is 2.00 e. The van der Waals surface area contributed by atoms with E-state index >= 15 is 0 Å². The second-order valence-electron chi connectivity index (χ2n) is 36.4. The van der Waals surface area contributed by atoms with Crippen molar-refractivity contribution in [2.75, 3.05) is 0 Å². The number of unbranched alkanes of at least 4 members (excludes halogenated alkanes) is 84. The van der Waals surface area contributed by atoms with Crippen LogP contribution in [-0.4, -0.2) is 73.6 Å². The first-order valence-corrected chi connectivity index (χ1v) is 53.8. The summed E-state index contributed by atoms with van der Waals surface area (Å²) in [5.74, 6) is -5.42. The molecule has 0 aliphatic carbocycles. The zero-order valence-corrected chi connectivity index (χ0v) is 98.9. The first-order valence-electron chi connectivity index (χ1n) is 53.8. The van der Waals surface area contributed by atoms with E-state index < -0.39 is 35.8 Å². The van der Waals surface area contributed by atoms with E-state index in [-0.39, 0.29) is 238 Å². The van der Waals surface area contributed by atoms with Gasteiger partial charge >= 0.3 is 200 Å². The molecule has 0 aliphatic heterocycles. The minimum Gasteiger partial charge on any atom is -0.550 e. The second-order valence-corrected chi connectivity index (χ2v) is 36.4. The quantitative estimate of drug-likeness (QED) is 0.0408. The van der Waals surface area contributed by atoms with Gasteiger partial charge in [-0.1, -0.05) is 581 Å². The van der Waals surface area contributed by atoms with Crippen molar-refractivity contribution < 1.29 is 221 Å². The Hall–Kier alpha value is 3.35. The maximum Gasteiger partial charge on any atom is 2.00 e. The molecule has 0 atom stereocenters. The molecule has 0 saturated carbocycles. The molecule has 720 valence electrons. The molecular weight excluding hydrogens is 1650 g/mol. The number of carbonyl (C=O) groups is 6. The minimum absolute atomic E-state index is 0. The van der Waals surface area contributed by atoms with Crippen LogP contribution in [0.4, 0.5) is 0 Å². The number of aliphatic carboxylic acids is 6. The second kappa shape index (κ2) is 148. The molecule has 0 amide bonds. The van der Waals surface area contributed by atoms with E-state index in [0.29, 0.717) is 0 Å². The Bertz CT molecular complexity index is 1590. The number of carboxylic acids is 6. The molecule has 0 unspecified atom stereocenters. The van der Waals surface area contributed by atoms with Crippen molar-refractivity contribution in [3.63, 3.8) is 0 Å². The Morgan fingerprint density at radius 1 is 0.120 bits per heavy atom. The first kappa shape index (κ1) is 151. The van der Waals surface area contributed by atoms with Crippen LogP contribution in [0.5, 0.6) is 0 Å². The molecule has 0 aliphatic rings. The summed E-state index contributed by atoms with van der Waals surface area (Å²) in [5.41, 5.74) is 0. The van der Waals surface area contributed by atoms with Gasteiger partial charge in [0.1, 0.15) is 0 Å². The van der Waals surface area contributed by atoms with E-state index in [1.165, 1.54) is 501 Å². The average Bonchev–Trinajstić information content (AvgIpc) is 1.14. The summed E-state index contributed by atoms with van der Waals surface area (Å²) < 4.78 is 0. The van der Waals surface area contributed by atoms with E-state index in [9.17, 15) is 59.4 Å². The van der Waals surface area contributed by atoms with Crippen molar-refractivity contribution >= 4 is 73.6 Å². The van der Waals surface area contributed by atoms with Gasteiger partial charge in [-0.3, -0.25) is 0 Å². The van der Waals surface area contributed by atoms with Crippen molar-refractivity contribution in [3.05, 3.63) is 0 Å². The van der Waals surface area contributed by atoms with Gasteiger partial charge in [0.15, 0.2) is 0 Å². The summed E-state index contributed by atoms with van der Waals surface area (Å²) in [5, 5.41) is 61.3. The Kier molecular flexibility index (Phi) is 179. The number of carbonyl (C=O) groups excluding carboxylic acids is 6. The zero-order chi connectivity index (χ0) is 89.3. The van der Waals surface area contributed by atoms with Gasteiger partial charge in [-0.05, 0) is 77.0 Å². The van der Waals surface area contributed by atoms with Gasteiger partial charge in [0.25, 0.3) is 0 Å². The fourth-order valence-corrected chi connectivity index (χ4v) is 15.8. The van der Waals surface area contributed by atoms with Crippen LogP contribution >= 0.6 is 0 Å². The number of hydrogen-bond donors (Lipinski definition) is 0. The molecule has 17 heteroatoms. The Balaban J connectivity index is -0.000000138. The molecule has 0 fully saturated rings. The molecule has 0 aromatic rings. The van der Waals surface area contributed by atoms with E-state index in [1.54, 1.807) is 0 Å². The monoisotopic (exact) mass is 1860 g/mol. The van der Waals surface area contributed by atoms with Crippen LogP contribution in [0.15, 0.2) is 0 Å². The first-order chi connectivity index (χ1) is 58.6. The summed E-state index contributed by atoms with van der Waals surface area (Å²) in [6, 6.07) is 0. The van der Waals surface area contributed by atoms with Crippen LogP contribution in [0.3, 0.4) is 0 Å². The zero-order valence-electron chi connectivity index (χ0n) is 86.5. The fraction of sp³-hybridized carbons (Fsp3) is 0.944. The minimum atomic E-state index is -0.903. The van der Waals surface area contributed by atoms with Gasteiger partial charge in [0, 0.05) is 35.8 Å². The van der Waals surface area contributed by atoms with E-state index in [2.05, 4.69) is 41.5 Å². The van der Waals surface area contributed by atoms with Gasteiger partial charge < -0.3 is 59.4 Å². The van der Waals surface area contributed by atoms with E-state index in [1.807, 2.05) is 0 Å². The average molecular weight is 1870 g/mol. The fourth-order valence-electron chi connectivity index (χ4n) is 15.8. The molecule has 0 aromatic heterocycles. The Morgan fingerprint density at radius 3 is 0.216 bits per heavy atom. The predicted octanol–water partition coefficient (Wildman–Crippen LogP) is 17.6. The molecular formula is C108H210CaK2Na2O12. The van der Waals surface area contributed by atoms with Crippen LogP contribution in [0.25, 0.3) is 0 Å². The normalized spacial score (nSPS) is 10.4. The number of rotatable bonds is 96. The van der Waals surface area contributed by atoms with E-state index in [0.717, 1.165) is 77.0 Å². The van der Waals surface area contributed by atoms with Crippen LogP contribution in [-0.2, 0) is 28.8 Å². The third-order valence-corrected chi connectivity index (χ3v) is 23.9. The summed E-state index contributed by atoms with van der Waals surface area (Å²) in [7, 11) is 0. The van der Waals surface area contributed by atoms with Crippen molar-refractivity contribution in [3.8, 4) is 0 Å². The van der Waals surface area contributed by atoms with Gasteiger partial charge in [-0.25, -0.2) is 0 Å². The maximum absolute atomic E-state index is 10.2. The van der Waals surface area contributed by atoms with Crippen LogP contribution in [0, 0.1) is 0 Å². The topological polar surface area (TPSA) is 241 Å². The maximum atomic E-state index is 10.2.